The summed E-state index contributed by atoms with van der Waals surface area (Å²) in [6.07, 6.45) is 0. The number of hydrogen-bond acceptors (Lipinski definition) is 3. The number of nitrogens with zero attached hydrogens (tertiary/aromatic N) is 1. The summed E-state index contributed by atoms with van der Waals surface area (Å²) in [6.45, 7) is 4.03. The number of hydrogen-bond donors (Lipinski definition) is 1. The minimum atomic E-state index is 0.654. The maximum absolute atomic E-state index is 4.78. The lowest BCUT2D eigenvalue weighted by Gasteiger charge is -2.23. The van der Waals surface area contributed by atoms with Gasteiger partial charge in [-0.3, -0.25) is 4.99 Å². The molecule has 0 fully saturated rings. The van der Waals surface area contributed by atoms with E-state index in [1.165, 1.54) is 0 Å². The zero-order valence-corrected chi connectivity index (χ0v) is 5.66. The predicted molar refractivity (Wildman–Crippen MR) is 36.8 cm³/mol. The molecule has 8 heavy (non-hydrogen) atoms. The molecule has 0 saturated carbocycles. The van der Waals surface area contributed by atoms with Crippen LogP contribution in [0.2, 0.25) is 0 Å². The van der Waals surface area contributed by atoms with E-state index in [4.69, 9.17) is 12.6 Å². The molecule has 1 aliphatic rings. The van der Waals surface area contributed by atoms with Crippen molar-refractivity contribution in [3.8, 4) is 0 Å². The molecule has 1 unspecified atom stereocenters. The zero-order chi connectivity index (χ0) is 5.98. The second-order valence-corrected chi connectivity index (χ2v) is 2.52. The topological polar surface area (TPSA) is 24.4 Å². The fourth-order valence-corrected chi connectivity index (χ4v) is 0.779. The first-order chi connectivity index (χ1) is 3.79. The van der Waals surface area contributed by atoms with E-state index >= 15 is 0 Å². The molecule has 0 saturated heterocycles. The second kappa shape index (κ2) is 2.31. The van der Waals surface area contributed by atoms with E-state index in [9.17, 15) is 0 Å². The van der Waals surface area contributed by atoms with Gasteiger partial charge in [-0.25, -0.2) is 0 Å². The summed E-state index contributed by atoms with van der Waals surface area (Å²) in [5.41, 5.74) is 0. The number of amidine groups is 1. The molecule has 0 bridgehead atoms. The van der Waals surface area contributed by atoms with Crippen LogP contribution in [0.3, 0.4) is 0 Å². The molecule has 1 rings (SSSR count). The Morgan fingerprint density at radius 2 is 2.62 bits per heavy atom. The largest absolute Gasteiger partial charge is 0.743 e. The van der Waals surface area contributed by atoms with E-state index in [1.807, 2.05) is 0 Å². The van der Waals surface area contributed by atoms with Crippen LogP contribution in [0.4, 0.5) is 0 Å². The lowest BCUT2D eigenvalue weighted by Crippen LogP contribution is -2.32. The van der Waals surface area contributed by atoms with Crippen molar-refractivity contribution in [2.75, 3.05) is 13.1 Å². The molecule has 1 N–H and O–H groups in total. The lowest BCUT2D eigenvalue weighted by atomic mass is 10.2. The van der Waals surface area contributed by atoms with Gasteiger partial charge in [0.2, 0.25) is 0 Å². The van der Waals surface area contributed by atoms with Crippen LogP contribution in [0.15, 0.2) is 4.99 Å². The lowest BCUT2D eigenvalue weighted by molar-refractivity contribution is 0.559. The van der Waals surface area contributed by atoms with Gasteiger partial charge in [-0.2, -0.15) is 0 Å². The van der Waals surface area contributed by atoms with Crippen molar-refractivity contribution < 1.29 is 0 Å². The number of rotatable bonds is 0. The predicted octanol–water partition coefficient (Wildman–Crippen LogP) is 0.129. The molecule has 0 amide bonds. The third-order valence-corrected chi connectivity index (χ3v) is 1.42. The normalized spacial score (nSPS) is 28.6. The third kappa shape index (κ3) is 1.33. The molecule has 1 atom stereocenters. The Morgan fingerprint density at radius 3 is 3.00 bits per heavy atom. The SMILES string of the molecule is CC1CN=C([S-])NC1. The summed E-state index contributed by atoms with van der Waals surface area (Å²) in [5, 5.41) is 3.67. The summed E-state index contributed by atoms with van der Waals surface area (Å²) in [4.78, 5) is 4.03. The minimum Gasteiger partial charge on any atom is -0.743 e. The molecule has 3 heteroatoms. The molecule has 0 aromatic heterocycles. The monoisotopic (exact) mass is 129 g/mol. The van der Waals surface area contributed by atoms with Gasteiger partial charge in [-0.15, -0.1) is 0 Å². The van der Waals surface area contributed by atoms with Crippen molar-refractivity contribution in [2.45, 2.75) is 6.92 Å². The van der Waals surface area contributed by atoms with Gasteiger partial charge in [0.15, 0.2) is 0 Å². The summed E-state index contributed by atoms with van der Waals surface area (Å²) in [5.74, 6) is 0.654. The summed E-state index contributed by atoms with van der Waals surface area (Å²) < 4.78 is 0. The smallest absolute Gasteiger partial charge is 0.0430 e. The van der Waals surface area contributed by atoms with Crippen molar-refractivity contribution in [2.24, 2.45) is 10.9 Å². The quantitative estimate of drug-likeness (QED) is 0.470. The highest BCUT2D eigenvalue weighted by atomic mass is 32.1. The summed E-state index contributed by atoms with van der Waals surface area (Å²) in [6, 6.07) is 0. The van der Waals surface area contributed by atoms with Crippen molar-refractivity contribution >= 4 is 17.8 Å². The zero-order valence-electron chi connectivity index (χ0n) is 4.85. The standard InChI is InChI=1S/C5H10N2S/c1-4-2-6-5(8)7-3-4/h4H,2-3H2,1H3,(H2,6,7,8)/p-1. The summed E-state index contributed by atoms with van der Waals surface area (Å²) in [7, 11) is 0. The molecular weight excluding hydrogens is 120 g/mol. The van der Waals surface area contributed by atoms with Crippen LogP contribution < -0.4 is 5.32 Å². The summed E-state index contributed by atoms with van der Waals surface area (Å²) >= 11 is 4.78. The Morgan fingerprint density at radius 1 is 1.88 bits per heavy atom. The third-order valence-electron chi connectivity index (χ3n) is 1.15. The Balaban J connectivity index is 2.42. The van der Waals surface area contributed by atoms with Crippen molar-refractivity contribution in [3.63, 3.8) is 0 Å². The van der Waals surface area contributed by atoms with Gasteiger partial charge in [0.25, 0.3) is 0 Å². The van der Waals surface area contributed by atoms with Gasteiger partial charge in [0.05, 0.1) is 0 Å². The minimum absolute atomic E-state index is 0.654. The average molecular weight is 129 g/mol. The Bertz CT molecular complexity index is 111. The van der Waals surface area contributed by atoms with E-state index in [0.717, 1.165) is 13.1 Å². The molecule has 1 heterocycles. The molecule has 0 aromatic rings. The van der Waals surface area contributed by atoms with Crippen LogP contribution in [-0.4, -0.2) is 18.3 Å². The van der Waals surface area contributed by atoms with E-state index in [-0.39, 0.29) is 0 Å². The van der Waals surface area contributed by atoms with Gasteiger partial charge in [-0.05, 0) is 11.1 Å². The van der Waals surface area contributed by atoms with Crippen LogP contribution in [0.5, 0.6) is 0 Å². The van der Waals surface area contributed by atoms with Crippen molar-refractivity contribution in [3.05, 3.63) is 0 Å². The van der Waals surface area contributed by atoms with Crippen LogP contribution in [0, 0.1) is 5.92 Å². The maximum Gasteiger partial charge on any atom is 0.0430 e. The molecule has 0 aliphatic carbocycles. The van der Waals surface area contributed by atoms with Crippen LogP contribution in [-0.2, 0) is 12.6 Å². The first-order valence-corrected chi connectivity index (χ1v) is 3.15. The van der Waals surface area contributed by atoms with Gasteiger partial charge in [0.1, 0.15) is 0 Å². The molecular formula is C5H9N2S-. The Labute approximate surface area is 54.8 Å². The Kier molecular flexibility index (Phi) is 1.68. The first-order valence-electron chi connectivity index (χ1n) is 2.74. The van der Waals surface area contributed by atoms with Gasteiger partial charge >= 0.3 is 0 Å². The first kappa shape index (κ1) is 5.82. The second-order valence-electron chi connectivity index (χ2n) is 2.13. The Hall–Kier alpha value is -0.310. The van der Waals surface area contributed by atoms with Crippen LogP contribution >= 0.6 is 0 Å². The molecule has 46 valence electrons. The van der Waals surface area contributed by atoms with E-state index in [0.29, 0.717) is 11.1 Å². The van der Waals surface area contributed by atoms with Crippen molar-refractivity contribution in [1.29, 1.82) is 0 Å². The van der Waals surface area contributed by atoms with Gasteiger partial charge < -0.3 is 17.9 Å². The molecule has 0 aromatic carbocycles. The van der Waals surface area contributed by atoms with Gasteiger partial charge in [0, 0.05) is 13.1 Å². The van der Waals surface area contributed by atoms with Crippen LogP contribution in [0.25, 0.3) is 0 Å². The fraction of sp³-hybridized carbons (Fsp3) is 0.800. The highest BCUT2D eigenvalue weighted by molar-refractivity contribution is 7.77. The average Bonchev–Trinajstić information content (AvgIpc) is 1.77. The number of nitrogens with one attached hydrogen (secondary N) is 1. The van der Waals surface area contributed by atoms with Gasteiger partial charge in [-0.1, -0.05) is 6.92 Å². The van der Waals surface area contributed by atoms with Crippen molar-refractivity contribution in [1.82, 2.24) is 5.32 Å². The fourth-order valence-electron chi connectivity index (χ4n) is 0.621. The highest BCUT2D eigenvalue weighted by Gasteiger charge is 2.01. The molecule has 2 nitrogen and oxygen atoms in total. The van der Waals surface area contributed by atoms with Crippen LogP contribution in [0.1, 0.15) is 6.92 Å². The molecule has 0 spiro atoms. The highest BCUT2D eigenvalue weighted by Crippen LogP contribution is 1.97. The molecule has 0 radical (unpaired) electrons. The number of aliphatic imine (C=N–C) groups is 1. The van der Waals surface area contributed by atoms with E-state index < -0.39 is 0 Å². The van der Waals surface area contributed by atoms with E-state index in [2.05, 4.69) is 17.2 Å². The van der Waals surface area contributed by atoms with E-state index in [1.54, 1.807) is 0 Å². The maximum atomic E-state index is 4.78. The molecule has 1 aliphatic heterocycles.